The summed E-state index contributed by atoms with van der Waals surface area (Å²) in [6.07, 6.45) is 0.209. The van der Waals surface area contributed by atoms with Gasteiger partial charge in [-0.2, -0.15) is 0 Å². The number of carbonyl (C=O) groups is 1. The van der Waals surface area contributed by atoms with Crippen LogP contribution in [0.2, 0.25) is 0 Å². The van der Waals surface area contributed by atoms with Crippen molar-refractivity contribution < 1.29 is 19.6 Å². The number of hydrogen-bond acceptors (Lipinski definition) is 5. The molecule has 1 N–H and O–H groups in total. The summed E-state index contributed by atoms with van der Waals surface area (Å²) in [5.41, 5.74) is 0.0855. The van der Waals surface area contributed by atoms with Crippen molar-refractivity contribution in [1.29, 1.82) is 0 Å². The molecule has 0 radical (unpaired) electrons. The van der Waals surface area contributed by atoms with Gasteiger partial charge in [-0.15, -0.1) is 0 Å². The topological polar surface area (TPSA) is 92.9 Å². The minimum absolute atomic E-state index is 0.104. The third kappa shape index (κ3) is 2.72. The molecular formula is C13H16N2O5. The molecule has 7 nitrogen and oxygen atoms in total. The smallest absolute Gasteiger partial charge is 0.296 e. The molecule has 1 aromatic rings. The van der Waals surface area contributed by atoms with E-state index in [0.717, 1.165) is 0 Å². The minimum Gasteiger partial charge on any atom is -0.494 e. The van der Waals surface area contributed by atoms with E-state index < -0.39 is 4.92 Å². The van der Waals surface area contributed by atoms with Crippen LogP contribution in [0.4, 0.5) is 11.4 Å². The van der Waals surface area contributed by atoms with Crippen LogP contribution < -0.4 is 9.64 Å². The van der Waals surface area contributed by atoms with E-state index in [0.29, 0.717) is 18.9 Å². The molecule has 1 aliphatic heterocycles. The zero-order valence-electron chi connectivity index (χ0n) is 11.1. The molecule has 7 heteroatoms. The molecule has 0 aliphatic carbocycles. The van der Waals surface area contributed by atoms with Crippen molar-refractivity contribution in [1.82, 2.24) is 0 Å². The van der Waals surface area contributed by atoms with Crippen LogP contribution in [0.1, 0.15) is 13.3 Å². The lowest BCUT2D eigenvalue weighted by Crippen LogP contribution is -2.25. The fourth-order valence-corrected chi connectivity index (χ4v) is 2.27. The van der Waals surface area contributed by atoms with Crippen LogP contribution in [0, 0.1) is 16.0 Å². The normalized spacial score (nSPS) is 18.4. The van der Waals surface area contributed by atoms with Gasteiger partial charge < -0.3 is 14.7 Å². The number of carbonyl (C=O) groups excluding carboxylic acids is 1. The van der Waals surface area contributed by atoms with E-state index in [9.17, 15) is 14.9 Å². The summed E-state index contributed by atoms with van der Waals surface area (Å²) in [7, 11) is 0. The highest BCUT2D eigenvalue weighted by Crippen LogP contribution is 2.35. The van der Waals surface area contributed by atoms with Gasteiger partial charge in [0.2, 0.25) is 5.91 Å². The Hall–Kier alpha value is -2.15. The van der Waals surface area contributed by atoms with Gasteiger partial charge in [-0.25, -0.2) is 0 Å². The second-order valence-electron chi connectivity index (χ2n) is 4.60. The fourth-order valence-electron chi connectivity index (χ4n) is 2.27. The maximum atomic E-state index is 11.9. The summed E-state index contributed by atoms with van der Waals surface area (Å²) in [5, 5.41) is 20.3. The number of benzene rings is 1. The van der Waals surface area contributed by atoms with E-state index in [2.05, 4.69) is 0 Å². The van der Waals surface area contributed by atoms with Crippen LogP contribution in [-0.2, 0) is 4.79 Å². The Morgan fingerprint density at radius 3 is 2.85 bits per heavy atom. The van der Waals surface area contributed by atoms with E-state index >= 15 is 0 Å². The number of nitro groups is 1. The molecule has 0 saturated carbocycles. The number of ether oxygens (including phenoxy) is 1. The zero-order valence-corrected chi connectivity index (χ0v) is 11.1. The van der Waals surface area contributed by atoms with Crippen molar-refractivity contribution in [2.75, 3.05) is 24.7 Å². The average molecular weight is 280 g/mol. The first kappa shape index (κ1) is 14.3. The van der Waals surface area contributed by atoms with Crippen LogP contribution >= 0.6 is 0 Å². The summed E-state index contributed by atoms with van der Waals surface area (Å²) in [4.78, 5) is 23.9. The van der Waals surface area contributed by atoms with Crippen LogP contribution in [0.25, 0.3) is 0 Å². The number of nitrogens with zero attached hydrogens (tertiary/aromatic N) is 2. The van der Waals surface area contributed by atoms with Gasteiger partial charge in [0.05, 0.1) is 17.6 Å². The molecule has 1 amide bonds. The molecule has 1 fully saturated rings. The quantitative estimate of drug-likeness (QED) is 0.649. The lowest BCUT2D eigenvalue weighted by molar-refractivity contribution is -0.384. The lowest BCUT2D eigenvalue weighted by atomic mass is 10.1. The molecule has 1 saturated heterocycles. The SMILES string of the molecule is CCOc1ccc(N2CC(CO)CC2=O)c([N+](=O)[O-])c1. The van der Waals surface area contributed by atoms with Crippen molar-refractivity contribution in [3.05, 3.63) is 28.3 Å². The standard InChI is InChI=1S/C13H16N2O5/c1-2-20-10-3-4-11(12(6-10)15(18)19)14-7-9(8-16)5-13(14)17/h3-4,6,9,16H,2,5,7-8H2,1H3. The highest BCUT2D eigenvalue weighted by molar-refractivity contribution is 5.98. The van der Waals surface area contributed by atoms with Crippen molar-refractivity contribution in [3.8, 4) is 5.75 Å². The Morgan fingerprint density at radius 2 is 2.30 bits per heavy atom. The monoisotopic (exact) mass is 280 g/mol. The van der Waals surface area contributed by atoms with E-state index in [1.54, 1.807) is 13.0 Å². The maximum absolute atomic E-state index is 11.9. The molecule has 1 aliphatic rings. The number of nitro benzene ring substituents is 1. The summed E-state index contributed by atoms with van der Waals surface area (Å²) < 4.78 is 5.24. The van der Waals surface area contributed by atoms with Gasteiger partial charge in [0.25, 0.3) is 5.69 Å². The molecule has 108 valence electrons. The highest BCUT2D eigenvalue weighted by atomic mass is 16.6. The lowest BCUT2D eigenvalue weighted by Gasteiger charge is -2.17. The molecule has 0 aromatic heterocycles. The Kier molecular flexibility index (Phi) is 4.19. The van der Waals surface area contributed by atoms with Gasteiger partial charge in [0, 0.05) is 25.5 Å². The van der Waals surface area contributed by atoms with Crippen LogP contribution in [0.15, 0.2) is 18.2 Å². The van der Waals surface area contributed by atoms with Crippen molar-refractivity contribution >= 4 is 17.3 Å². The maximum Gasteiger partial charge on any atom is 0.296 e. The Labute approximate surface area is 115 Å². The Morgan fingerprint density at radius 1 is 1.55 bits per heavy atom. The predicted octanol–water partition coefficient (Wildman–Crippen LogP) is 1.34. The van der Waals surface area contributed by atoms with E-state index in [1.165, 1.54) is 17.0 Å². The highest BCUT2D eigenvalue weighted by Gasteiger charge is 2.34. The van der Waals surface area contributed by atoms with E-state index in [4.69, 9.17) is 9.84 Å². The molecule has 1 aromatic carbocycles. The van der Waals surface area contributed by atoms with E-state index in [-0.39, 0.29) is 36.2 Å². The van der Waals surface area contributed by atoms with Gasteiger partial charge in [0.15, 0.2) is 0 Å². The minimum atomic E-state index is -0.530. The Bertz CT molecular complexity index is 531. The van der Waals surface area contributed by atoms with Gasteiger partial charge in [-0.1, -0.05) is 0 Å². The summed E-state index contributed by atoms with van der Waals surface area (Å²) >= 11 is 0. The number of rotatable bonds is 5. The molecule has 1 unspecified atom stereocenters. The van der Waals surface area contributed by atoms with Gasteiger partial charge in [-0.3, -0.25) is 14.9 Å². The van der Waals surface area contributed by atoms with Crippen LogP contribution in [0.5, 0.6) is 5.75 Å². The van der Waals surface area contributed by atoms with Gasteiger partial charge in [-0.05, 0) is 19.1 Å². The summed E-state index contributed by atoms with van der Waals surface area (Å²) in [5.74, 6) is 0.0123. The summed E-state index contributed by atoms with van der Waals surface area (Å²) in [6.45, 7) is 2.39. The van der Waals surface area contributed by atoms with Crippen LogP contribution in [0.3, 0.4) is 0 Å². The number of aliphatic hydroxyl groups is 1. The Balaban J connectivity index is 2.36. The van der Waals surface area contributed by atoms with Crippen molar-refractivity contribution in [3.63, 3.8) is 0 Å². The molecule has 2 rings (SSSR count). The first-order chi connectivity index (χ1) is 9.56. The van der Waals surface area contributed by atoms with Crippen molar-refractivity contribution in [2.24, 2.45) is 5.92 Å². The van der Waals surface area contributed by atoms with Crippen molar-refractivity contribution in [2.45, 2.75) is 13.3 Å². The molecule has 1 atom stereocenters. The average Bonchev–Trinajstić information content (AvgIpc) is 2.80. The third-order valence-corrected chi connectivity index (χ3v) is 3.21. The largest absolute Gasteiger partial charge is 0.494 e. The van der Waals surface area contributed by atoms with Gasteiger partial charge in [0.1, 0.15) is 11.4 Å². The number of aliphatic hydroxyl groups excluding tert-OH is 1. The first-order valence-electron chi connectivity index (χ1n) is 6.39. The van der Waals surface area contributed by atoms with Gasteiger partial charge >= 0.3 is 0 Å². The molecular weight excluding hydrogens is 264 g/mol. The predicted molar refractivity (Wildman–Crippen MR) is 71.8 cm³/mol. The van der Waals surface area contributed by atoms with Crippen LogP contribution in [-0.4, -0.2) is 35.7 Å². The first-order valence-corrected chi connectivity index (χ1v) is 6.39. The molecule has 0 bridgehead atoms. The fraction of sp³-hybridized carbons (Fsp3) is 0.462. The second-order valence-corrected chi connectivity index (χ2v) is 4.60. The molecule has 0 spiro atoms. The summed E-state index contributed by atoms with van der Waals surface area (Å²) in [6, 6.07) is 4.44. The number of amides is 1. The number of anilines is 1. The second kappa shape index (κ2) is 5.87. The third-order valence-electron chi connectivity index (χ3n) is 3.21. The van der Waals surface area contributed by atoms with E-state index in [1.807, 2.05) is 0 Å². The number of hydrogen-bond donors (Lipinski definition) is 1. The zero-order chi connectivity index (χ0) is 14.7. The molecule has 1 heterocycles. The molecule has 20 heavy (non-hydrogen) atoms.